The highest BCUT2D eigenvalue weighted by Crippen LogP contribution is 2.45. The van der Waals surface area contributed by atoms with E-state index in [-0.39, 0.29) is 17.9 Å². The maximum Gasteiger partial charge on any atom is 0.331 e. The summed E-state index contributed by atoms with van der Waals surface area (Å²) in [5, 5.41) is 2.45. The lowest BCUT2D eigenvalue weighted by Crippen LogP contribution is -2.65. The predicted octanol–water partition coefficient (Wildman–Crippen LogP) is 2.45. The van der Waals surface area contributed by atoms with Gasteiger partial charge in [-0.3, -0.25) is 19.8 Å². The lowest BCUT2D eigenvalue weighted by Gasteiger charge is -2.41. The first-order valence-electron chi connectivity index (χ1n) is 8.20. The molecule has 1 aliphatic heterocycles. The first kappa shape index (κ1) is 14.5. The molecule has 1 saturated heterocycles. The summed E-state index contributed by atoms with van der Waals surface area (Å²) < 4.78 is 0. The molecule has 3 atom stereocenters. The Labute approximate surface area is 125 Å². The molecule has 3 unspecified atom stereocenters. The molecule has 3 aliphatic rings. The predicted molar refractivity (Wildman–Crippen MR) is 77.3 cm³/mol. The van der Waals surface area contributed by atoms with Crippen molar-refractivity contribution >= 4 is 17.8 Å². The highest BCUT2D eigenvalue weighted by molar-refractivity contribution is 6.19. The summed E-state index contributed by atoms with van der Waals surface area (Å²) in [4.78, 5) is 38.8. The van der Waals surface area contributed by atoms with Gasteiger partial charge in [-0.15, -0.1) is 0 Å². The molecule has 0 bridgehead atoms. The number of rotatable bonds is 2. The molecule has 0 aromatic rings. The summed E-state index contributed by atoms with van der Waals surface area (Å²) in [5.41, 5.74) is -0.960. The van der Waals surface area contributed by atoms with E-state index in [1.807, 2.05) is 0 Å². The molecule has 3 rings (SSSR count). The monoisotopic (exact) mass is 292 g/mol. The molecule has 1 heterocycles. The molecule has 4 amide bonds. The van der Waals surface area contributed by atoms with Crippen molar-refractivity contribution in [2.75, 3.05) is 0 Å². The summed E-state index contributed by atoms with van der Waals surface area (Å²) in [6, 6.07) is -0.552. The average molecular weight is 292 g/mol. The smallest absolute Gasteiger partial charge is 0.277 e. The third-order valence-electron chi connectivity index (χ3n) is 6.00. The highest BCUT2D eigenvalue weighted by atomic mass is 16.2. The van der Waals surface area contributed by atoms with Crippen LogP contribution in [0.15, 0.2) is 0 Å². The minimum Gasteiger partial charge on any atom is -0.277 e. The molecular formula is C16H24N2O3. The zero-order valence-corrected chi connectivity index (χ0v) is 12.9. The van der Waals surface area contributed by atoms with Gasteiger partial charge < -0.3 is 0 Å². The number of nitrogens with one attached hydrogen (secondary N) is 1. The number of barbiturate groups is 1. The Balaban J connectivity index is 1.89. The van der Waals surface area contributed by atoms with Gasteiger partial charge in [0.25, 0.3) is 0 Å². The maximum absolute atomic E-state index is 12.9. The molecule has 5 heteroatoms. The summed E-state index contributed by atoms with van der Waals surface area (Å²) in [5.74, 6) is 0.274. The summed E-state index contributed by atoms with van der Waals surface area (Å²) in [7, 11) is 0. The van der Waals surface area contributed by atoms with Gasteiger partial charge in [0.2, 0.25) is 11.8 Å². The van der Waals surface area contributed by atoms with Crippen molar-refractivity contribution in [1.82, 2.24) is 10.2 Å². The van der Waals surface area contributed by atoms with Crippen LogP contribution in [0, 0.1) is 17.3 Å². The molecule has 3 fully saturated rings. The Kier molecular flexibility index (Phi) is 3.54. The second-order valence-corrected chi connectivity index (χ2v) is 6.90. The van der Waals surface area contributed by atoms with Crippen LogP contribution in [0.4, 0.5) is 4.79 Å². The molecule has 116 valence electrons. The van der Waals surface area contributed by atoms with E-state index in [1.165, 1.54) is 4.90 Å². The van der Waals surface area contributed by atoms with Crippen molar-refractivity contribution in [2.45, 2.75) is 64.8 Å². The van der Waals surface area contributed by atoms with Crippen LogP contribution in [-0.4, -0.2) is 28.8 Å². The third kappa shape index (κ3) is 2.00. The van der Waals surface area contributed by atoms with Gasteiger partial charge in [0.05, 0.1) is 0 Å². The largest absolute Gasteiger partial charge is 0.331 e. The maximum atomic E-state index is 12.9. The lowest BCUT2D eigenvalue weighted by molar-refractivity contribution is -0.153. The van der Waals surface area contributed by atoms with E-state index in [1.54, 1.807) is 0 Å². The van der Waals surface area contributed by atoms with Gasteiger partial charge in [0.15, 0.2) is 0 Å². The van der Waals surface area contributed by atoms with Gasteiger partial charge in [-0.05, 0) is 37.5 Å². The van der Waals surface area contributed by atoms with E-state index in [2.05, 4.69) is 19.2 Å². The van der Waals surface area contributed by atoms with Gasteiger partial charge in [0.1, 0.15) is 5.41 Å². The molecule has 0 aromatic heterocycles. The van der Waals surface area contributed by atoms with Gasteiger partial charge in [-0.25, -0.2) is 4.79 Å². The molecule has 21 heavy (non-hydrogen) atoms. The van der Waals surface area contributed by atoms with Crippen LogP contribution in [0.1, 0.15) is 58.8 Å². The lowest BCUT2D eigenvalue weighted by atomic mass is 9.81. The van der Waals surface area contributed by atoms with Crippen molar-refractivity contribution < 1.29 is 14.4 Å². The highest BCUT2D eigenvalue weighted by Gasteiger charge is 2.57. The number of imide groups is 2. The number of hydrogen-bond donors (Lipinski definition) is 1. The van der Waals surface area contributed by atoms with Crippen molar-refractivity contribution in [3.63, 3.8) is 0 Å². The third-order valence-corrected chi connectivity index (χ3v) is 6.00. The van der Waals surface area contributed by atoms with Gasteiger partial charge in [0, 0.05) is 6.04 Å². The van der Waals surface area contributed by atoms with Crippen LogP contribution in [0.2, 0.25) is 0 Å². The van der Waals surface area contributed by atoms with Crippen LogP contribution in [0.5, 0.6) is 0 Å². The number of nitrogens with zero attached hydrogens (tertiary/aromatic N) is 1. The Bertz CT molecular complexity index is 482. The fourth-order valence-corrected chi connectivity index (χ4v) is 4.58. The Morgan fingerprint density at radius 2 is 1.86 bits per heavy atom. The van der Waals surface area contributed by atoms with Crippen LogP contribution < -0.4 is 5.32 Å². The number of carbonyl (C=O) groups is 3. The fraction of sp³-hybridized carbons (Fsp3) is 0.812. The zero-order chi connectivity index (χ0) is 15.2. The number of amides is 4. The summed E-state index contributed by atoms with van der Waals surface area (Å²) in [6.45, 7) is 4.29. The SMILES string of the molecule is CCC1CCC(N2C(=O)NC(=O)C3(CCCC3)C2=O)C1C. The quantitative estimate of drug-likeness (QED) is 0.795. The normalized spacial score (nSPS) is 35.6. The van der Waals surface area contributed by atoms with Crippen LogP contribution in [-0.2, 0) is 9.59 Å². The molecule has 5 nitrogen and oxygen atoms in total. The van der Waals surface area contributed by atoms with Crippen LogP contribution in [0.25, 0.3) is 0 Å². The molecule has 1 N–H and O–H groups in total. The van der Waals surface area contributed by atoms with Gasteiger partial charge >= 0.3 is 6.03 Å². The summed E-state index contributed by atoms with van der Waals surface area (Å²) in [6.07, 6.45) is 5.94. The standard InChI is InChI=1S/C16H24N2O3/c1-3-11-6-7-12(10(11)2)18-14(20)16(8-4-5-9-16)13(19)17-15(18)21/h10-12H,3-9H2,1-2H3,(H,17,19,21). The Morgan fingerprint density at radius 1 is 1.19 bits per heavy atom. The van der Waals surface area contributed by atoms with E-state index in [0.29, 0.717) is 24.7 Å². The van der Waals surface area contributed by atoms with Crippen molar-refractivity contribution in [3.8, 4) is 0 Å². The van der Waals surface area contributed by atoms with E-state index < -0.39 is 11.4 Å². The van der Waals surface area contributed by atoms with E-state index in [0.717, 1.165) is 32.1 Å². The van der Waals surface area contributed by atoms with Gasteiger partial charge in [-0.1, -0.05) is 33.1 Å². The number of urea groups is 1. The topological polar surface area (TPSA) is 66.5 Å². The van der Waals surface area contributed by atoms with Crippen molar-refractivity contribution in [1.29, 1.82) is 0 Å². The van der Waals surface area contributed by atoms with Crippen LogP contribution >= 0.6 is 0 Å². The van der Waals surface area contributed by atoms with E-state index >= 15 is 0 Å². The second-order valence-electron chi connectivity index (χ2n) is 6.90. The first-order valence-corrected chi connectivity index (χ1v) is 8.20. The summed E-state index contributed by atoms with van der Waals surface area (Å²) >= 11 is 0. The average Bonchev–Trinajstić information content (AvgIpc) is 3.06. The van der Waals surface area contributed by atoms with Crippen molar-refractivity contribution in [2.24, 2.45) is 17.3 Å². The minimum absolute atomic E-state index is 0.0481. The van der Waals surface area contributed by atoms with Crippen molar-refractivity contribution in [3.05, 3.63) is 0 Å². The molecule has 2 saturated carbocycles. The number of carbonyl (C=O) groups excluding carboxylic acids is 3. The second kappa shape index (κ2) is 5.11. The molecule has 0 aromatic carbocycles. The zero-order valence-electron chi connectivity index (χ0n) is 12.9. The molecule has 0 radical (unpaired) electrons. The van der Waals surface area contributed by atoms with E-state index in [9.17, 15) is 14.4 Å². The Hall–Kier alpha value is -1.39. The molecule has 2 aliphatic carbocycles. The Morgan fingerprint density at radius 3 is 2.43 bits per heavy atom. The molecule has 1 spiro atoms. The number of hydrogen-bond acceptors (Lipinski definition) is 3. The fourth-order valence-electron chi connectivity index (χ4n) is 4.58. The van der Waals surface area contributed by atoms with Crippen LogP contribution in [0.3, 0.4) is 0 Å². The first-order chi connectivity index (χ1) is 10.0. The minimum atomic E-state index is -0.960. The molecular weight excluding hydrogens is 268 g/mol. The van der Waals surface area contributed by atoms with Gasteiger partial charge in [-0.2, -0.15) is 0 Å². The van der Waals surface area contributed by atoms with E-state index in [4.69, 9.17) is 0 Å².